The molecule has 0 N–H and O–H groups in total. The van der Waals surface area contributed by atoms with Crippen molar-refractivity contribution in [3.8, 4) is 11.4 Å². The van der Waals surface area contributed by atoms with Gasteiger partial charge in [0.05, 0.1) is 10.7 Å². The topological polar surface area (TPSA) is 90.9 Å². The predicted molar refractivity (Wildman–Crippen MR) is 104 cm³/mol. The number of ketones is 1. The van der Waals surface area contributed by atoms with Crippen molar-refractivity contribution in [3.63, 3.8) is 0 Å². The van der Waals surface area contributed by atoms with Crippen molar-refractivity contribution in [2.75, 3.05) is 5.75 Å². The zero-order valence-corrected chi connectivity index (χ0v) is 15.9. The van der Waals surface area contributed by atoms with Crippen LogP contribution >= 0.6 is 23.4 Å². The normalized spacial score (nSPS) is 10.7. The molecule has 3 rings (SSSR count). The lowest BCUT2D eigenvalue weighted by atomic mass is 10.1. The summed E-state index contributed by atoms with van der Waals surface area (Å²) in [7, 11) is 0. The molecule has 0 aliphatic heterocycles. The second-order valence-corrected chi connectivity index (χ2v) is 6.96. The van der Waals surface area contributed by atoms with E-state index in [0.29, 0.717) is 28.1 Å². The van der Waals surface area contributed by atoms with Gasteiger partial charge in [-0.05, 0) is 19.1 Å². The number of Topliss-reactive ketones (excluding diaryl/α,β-unsaturated/α-hetero) is 1. The van der Waals surface area contributed by atoms with Crippen molar-refractivity contribution in [3.05, 3.63) is 69.2 Å². The monoisotopic (exact) mass is 402 g/mol. The van der Waals surface area contributed by atoms with E-state index in [1.54, 1.807) is 18.2 Å². The Hall–Kier alpha value is -2.71. The molecule has 138 valence electrons. The molecule has 27 heavy (non-hydrogen) atoms. The van der Waals surface area contributed by atoms with Gasteiger partial charge in [-0.2, -0.15) is 0 Å². The summed E-state index contributed by atoms with van der Waals surface area (Å²) < 4.78 is 1.90. The average Bonchev–Trinajstić information content (AvgIpc) is 3.09. The molecule has 0 amide bonds. The highest BCUT2D eigenvalue weighted by Crippen LogP contribution is 2.26. The lowest BCUT2D eigenvalue weighted by molar-refractivity contribution is -0.384. The fourth-order valence-corrected chi connectivity index (χ4v) is 3.62. The van der Waals surface area contributed by atoms with Crippen LogP contribution in [0.15, 0.2) is 53.7 Å². The lowest BCUT2D eigenvalue weighted by Gasteiger charge is -2.07. The Kier molecular flexibility index (Phi) is 5.88. The first-order valence-corrected chi connectivity index (χ1v) is 9.45. The number of carbonyl (C=O) groups is 1. The number of nitro benzene ring substituents is 1. The molecule has 0 atom stereocenters. The summed E-state index contributed by atoms with van der Waals surface area (Å²) in [4.78, 5) is 22.7. The van der Waals surface area contributed by atoms with Crippen LogP contribution < -0.4 is 0 Å². The molecule has 0 saturated heterocycles. The number of non-ortho nitro benzene ring substituents is 1. The fraction of sp³-hybridized carbons (Fsp3) is 0.167. The van der Waals surface area contributed by atoms with E-state index in [0.717, 1.165) is 5.56 Å². The number of rotatable bonds is 7. The smallest absolute Gasteiger partial charge is 0.270 e. The largest absolute Gasteiger partial charge is 0.302 e. The summed E-state index contributed by atoms with van der Waals surface area (Å²) in [6.45, 7) is 2.59. The van der Waals surface area contributed by atoms with Gasteiger partial charge in [-0.1, -0.05) is 47.6 Å². The van der Waals surface area contributed by atoms with Crippen molar-refractivity contribution in [2.45, 2.75) is 18.6 Å². The first-order chi connectivity index (χ1) is 13.0. The maximum Gasteiger partial charge on any atom is 0.270 e. The second kappa shape index (κ2) is 8.32. The molecular formula is C18H15ClN4O3S. The van der Waals surface area contributed by atoms with E-state index in [2.05, 4.69) is 10.2 Å². The third kappa shape index (κ3) is 4.35. The van der Waals surface area contributed by atoms with Gasteiger partial charge in [-0.15, -0.1) is 10.2 Å². The van der Waals surface area contributed by atoms with E-state index in [1.807, 2.05) is 23.6 Å². The summed E-state index contributed by atoms with van der Waals surface area (Å²) in [6.07, 6.45) is 0. The molecule has 0 spiro atoms. The van der Waals surface area contributed by atoms with Crippen LogP contribution in [0.1, 0.15) is 17.3 Å². The maximum absolute atomic E-state index is 12.4. The van der Waals surface area contributed by atoms with Crippen molar-refractivity contribution in [1.82, 2.24) is 14.8 Å². The number of carbonyl (C=O) groups excluding carboxylic acids is 1. The Morgan fingerprint density at radius 1 is 1.22 bits per heavy atom. The summed E-state index contributed by atoms with van der Waals surface area (Å²) in [5.74, 6) is 0.568. The van der Waals surface area contributed by atoms with Gasteiger partial charge in [0.15, 0.2) is 16.8 Å². The molecule has 1 aromatic heterocycles. The Morgan fingerprint density at radius 3 is 2.70 bits per heavy atom. The first-order valence-electron chi connectivity index (χ1n) is 8.09. The van der Waals surface area contributed by atoms with Gasteiger partial charge in [0.1, 0.15) is 0 Å². The van der Waals surface area contributed by atoms with Crippen LogP contribution in [0.3, 0.4) is 0 Å². The van der Waals surface area contributed by atoms with Crippen molar-refractivity contribution in [1.29, 1.82) is 0 Å². The fourth-order valence-electron chi connectivity index (χ4n) is 2.53. The average molecular weight is 403 g/mol. The van der Waals surface area contributed by atoms with Gasteiger partial charge in [-0.3, -0.25) is 14.9 Å². The third-order valence-electron chi connectivity index (χ3n) is 3.83. The van der Waals surface area contributed by atoms with Crippen LogP contribution in [-0.2, 0) is 6.54 Å². The molecule has 0 aliphatic rings. The summed E-state index contributed by atoms with van der Waals surface area (Å²) in [5.41, 5.74) is 1.04. The number of benzene rings is 2. The molecule has 0 unspecified atom stereocenters. The molecule has 0 radical (unpaired) electrons. The molecule has 1 heterocycles. The highest BCUT2D eigenvalue weighted by molar-refractivity contribution is 7.99. The molecule has 7 nitrogen and oxygen atoms in total. The van der Waals surface area contributed by atoms with E-state index in [-0.39, 0.29) is 17.2 Å². The Balaban J connectivity index is 1.78. The van der Waals surface area contributed by atoms with Crippen LogP contribution in [0.25, 0.3) is 11.4 Å². The Morgan fingerprint density at radius 2 is 2.00 bits per heavy atom. The number of hydrogen-bond acceptors (Lipinski definition) is 6. The summed E-state index contributed by atoms with van der Waals surface area (Å²) >= 11 is 7.29. The molecule has 9 heteroatoms. The second-order valence-electron chi connectivity index (χ2n) is 5.58. The van der Waals surface area contributed by atoms with Crippen molar-refractivity contribution < 1.29 is 9.72 Å². The molecule has 0 aliphatic carbocycles. The van der Waals surface area contributed by atoms with Gasteiger partial charge < -0.3 is 4.57 Å². The Bertz CT molecular complexity index is 1010. The zero-order chi connectivity index (χ0) is 19.4. The summed E-state index contributed by atoms with van der Waals surface area (Å²) in [5, 5.41) is 20.5. The van der Waals surface area contributed by atoms with Crippen molar-refractivity contribution in [2.24, 2.45) is 0 Å². The molecular weight excluding hydrogens is 388 g/mol. The van der Waals surface area contributed by atoms with Crippen LogP contribution in [0.2, 0.25) is 5.02 Å². The quantitative estimate of drug-likeness (QED) is 0.250. The molecule has 0 fully saturated rings. The van der Waals surface area contributed by atoms with Crippen LogP contribution in [0.4, 0.5) is 5.69 Å². The number of thioether (sulfide) groups is 1. The predicted octanol–water partition coefficient (Wildman–Crippen LogP) is 4.50. The van der Waals surface area contributed by atoms with Crippen LogP contribution in [-0.4, -0.2) is 31.2 Å². The van der Waals surface area contributed by atoms with Crippen LogP contribution in [0, 0.1) is 10.1 Å². The minimum absolute atomic E-state index is 0.106. The van der Waals surface area contributed by atoms with E-state index in [9.17, 15) is 14.9 Å². The van der Waals surface area contributed by atoms with Gasteiger partial charge >= 0.3 is 0 Å². The van der Waals surface area contributed by atoms with E-state index < -0.39 is 4.92 Å². The zero-order valence-electron chi connectivity index (χ0n) is 14.3. The van der Waals surface area contributed by atoms with Gasteiger partial charge in [0.2, 0.25) is 0 Å². The van der Waals surface area contributed by atoms with Gasteiger partial charge in [-0.25, -0.2) is 0 Å². The molecule has 0 saturated carbocycles. The first kappa shape index (κ1) is 19.1. The van der Waals surface area contributed by atoms with E-state index in [4.69, 9.17) is 11.6 Å². The highest BCUT2D eigenvalue weighted by Gasteiger charge is 2.16. The van der Waals surface area contributed by atoms with Gasteiger partial charge in [0.25, 0.3) is 5.69 Å². The molecule has 0 bridgehead atoms. The van der Waals surface area contributed by atoms with E-state index >= 15 is 0 Å². The number of nitro groups is 1. The SMILES string of the molecule is CCn1c(SCC(=O)c2cccc([N+](=O)[O-])c2)nnc1-c1cccc(Cl)c1. The lowest BCUT2D eigenvalue weighted by Crippen LogP contribution is -2.05. The van der Waals surface area contributed by atoms with Crippen LogP contribution in [0.5, 0.6) is 0 Å². The highest BCUT2D eigenvalue weighted by atomic mass is 35.5. The number of nitrogens with zero attached hydrogens (tertiary/aromatic N) is 4. The third-order valence-corrected chi connectivity index (χ3v) is 5.03. The number of aromatic nitrogens is 3. The number of hydrogen-bond donors (Lipinski definition) is 0. The Labute approximate surface area is 164 Å². The minimum Gasteiger partial charge on any atom is -0.302 e. The minimum atomic E-state index is -0.519. The maximum atomic E-state index is 12.4. The van der Waals surface area contributed by atoms with Crippen molar-refractivity contribution >= 4 is 34.8 Å². The molecule has 2 aromatic carbocycles. The standard InChI is InChI=1S/C18H15ClN4O3S/c1-2-22-17(13-6-3-7-14(19)9-13)20-21-18(22)27-11-16(24)12-5-4-8-15(10-12)23(25)26/h3-10H,2,11H2,1H3. The summed E-state index contributed by atoms with van der Waals surface area (Å²) in [6, 6.07) is 13.0. The van der Waals surface area contributed by atoms with E-state index in [1.165, 1.54) is 30.0 Å². The van der Waals surface area contributed by atoms with Gasteiger partial charge in [0, 0.05) is 34.8 Å². The molecule has 3 aromatic rings. The number of halogens is 1.